The van der Waals surface area contributed by atoms with E-state index in [2.05, 4.69) is 13.8 Å². The fraction of sp³-hybridized carbons (Fsp3) is 0.824. The summed E-state index contributed by atoms with van der Waals surface area (Å²) in [5, 5.41) is 0. The molecule has 0 aliphatic heterocycles. The second-order valence-electron chi connectivity index (χ2n) is 7.76. The molecule has 2 aliphatic rings. The highest BCUT2D eigenvalue weighted by Gasteiger charge is 2.58. The summed E-state index contributed by atoms with van der Waals surface area (Å²) in [5.41, 5.74) is 0.471. The van der Waals surface area contributed by atoms with Crippen LogP contribution in [0.2, 0.25) is 0 Å². The van der Waals surface area contributed by atoms with Crippen LogP contribution in [-0.4, -0.2) is 29.3 Å². The number of esters is 1. The number of hydrogen-bond acceptors (Lipinski definition) is 4. The van der Waals surface area contributed by atoms with Gasteiger partial charge in [0, 0.05) is 18.8 Å². The number of carbonyl (C=O) groups is 1. The van der Waals surface area contributed by atoms with E-state index in [4.69, 9.17) is 4.74 Å². The summed E-state index contributed by atoms with van der Waals surface area (Å²) >= 11 is 0. The van der Waals surface area contributed by atoms with E-state index in [-0.39, 0.29) is 17.8 Å². The molecule has 0 aromatic carbocycles. The van der Waals surface area contributed by atoms with Crippen LogP contribution in [0, 0.1) is 17.8 Å². The van der Waals surface area contributed by atoms with Crippen LogP contribution in [0.3, 0.4) is 0 Å². The summed E-state index contributed by atoms with van der Waals surface area (Å²) in [4.78, 5) is 11.6. The first-order valence-electron chi connectivity index (χ1n) is 8.28. The van der Waals surface area contributed by atoms with Crippen LogP contribution >= 0.6 is 0 Å². The summed E-state index contributed by atoms with van der Waals surface area (Å²) in [7, 11) is -4.20. The van der Waals surface area contributed by atoms with Gasteiger partial charge in [-0.05, 0) is 45.4 Å². The second-order valence-corrected chi connectivity index (χ2v) is 9.64. The Morgan fingerprint density at radius 3 is 2.43 bits per heavy atom. The third-order valence-electron chi connectivity index (χ3n) is 5.89. The number of hydrogen-bond donors (Lipinski definition) is 1. The van der Waals surface area contributed by atoms with Gasteiger partial charge < -0.3 is 4.74 Å². The molecule has 1 fully saturated rings. The van der Waals surface area contributed by atoms with Crippen molar-refractivity contribution < 1.29 is 22.5 Å². The van der Waals surface area contributed by atoms with Gasteiger partial charge in [-0.15, -0.1) is 0 Å². The van der Waals surface area contributed by atoms with Gasteiger partial charge in [0.1, 0.15) is 10.3 Å². The minimum Gasteiger partial charge on any atom is -0.459 e. The van der Waals surface area contributed by atoms with Crippen molar-refractivity contribution in [1.29, 1.82) is 0 Å². The van der Waals surface area contributed by atoms with Gasteiger partial charge in [-0.2, -0.15) is 8.42 Å². The Bertz CT molecular complexity index is 621. The lowest BCUT2D eigenvalue weighted by Gasteiger charge is -2.38. The third-order valence-corrected chi connectivity index (χ3v) is 7.54. The average molecular weight is 344 g/mol. The molecule has 132 valence electrons. The number of ether oxygens (including phenoxy) is 1. The van der Waals surface area contributed by atoms with Crippen LogP contribution in [-0.2, 0) is 19.6 Å². The Balaban J connectivity index is 2.54. The number of fused-ring (bicyclic) bond motifs is 1. The first kappa shape index (κ1) is 18.5. The van der Waals surface area contributed by atoms with Gasteiger partial charge in [0.05, 0.1) is 0 Å². The van der Waals surface area contributed by atoms with Crippen molar-refractivity contribution in [3.63, 3.8) is 0 Å². The Labute approximate surface area is 139 Å². The van der Waals surface area contributed by atoms with Gasteiger partial charge in [0.2, 0.25) is 0 Å². The minimum absolute atomic E-state index is 0.102. The fourth-order valence-corrected chi connectivity index (χ4v) is 5.27. The quantitative estimate of drug-likeness (QED) is 0.482. The molecule has 1 saturated carbocycles. The van der Waals surface area contributed by atoms with Crippen LogP contribution in [0.1, 0.15) is 60.3 Å². The van der Waals surface area contributed by atoms with E-state index < -0.39 is 20.5 Å². The van der Waals surface area contributed by atoms with Gasteiger partial charge in [0.15, 0.2) is 0 Å². The summed E-state index contributed by atoms with van der Waals surface area (Å²) in [6.07, 6.45) is 4.48. The maximum atomic E-state index is 12.1. The third kappa shape index (κ3) is 3.20. The van der Waals surface area contributed by atoms with E-state index in [1.807, 2.05) is 13.0 Å². The Morgan fingerprint density at radius 1 is 1.35 bits per heavy atom. The molecule has 0 radical (unpaired) electrons. The lowest BCUT2D eigenvalue weighted by molar-refractivity contribution is -0.163. The van der Waals surface area contributed by atoms with Crippen molar-refractivity contribution in [1.82, 2.24) is 0 Å². The topological polar surface area (TPSA) is 80.7 Å². The minimum atomic E-state index is -4.20. The molecule has 0 saturated heterocycles. The lowest BCUT2D eigenvalue weighted by atomic mass is 9.78. The first-order chi connectivity index (χ1) is 10.4. The molecule has 23 heavy (non-hydrogen) atoms. The molecule has 0 spiro atoms. The van der Waals surface area contributed by atoms with E-state index >= 15 is 0 Å². The largest absolute Gasteiger partial charge is 0.459 e. The summed E-state index contributed by atoms with van der Waals surface area (Å²) in [6.45, 7) is 9.06. The zero-order valence-corrected chi connectivity index (χ0v) is 15.4. The van der Waals surface area contributed by atoms with Crippen molar-refractivity contribution in [3.8, 4) is 0 Å². The van der Waals surface area contributed by atoms with Gasteiger partial charge in [-0.3, -0.25) is 9.35 Å². The van der Waals surface area contributed by atoms with Crippen LogP contribution in [0.5, 0.6) is 0 Å². The van der Waals surface area contributed by atoms with Crippen LogP contribution < -0.4 is 0 Å². The Hall–Kier alpha value is -0.880. The van der Waals surface area contributed by atoms with E-state index in [9.17, 15) is 17.8 Å². The SMILES string of the molecule is CC(=O)O[C@]1(C)CCC(C(C)C)=C[C@H]2[C@H]1CC[C@]2(C)S(=O)(=O)O. The summed E-state index contributed by atoms with van der Waals surface area (Å²) in [6, 6.07) is 0. The summed E-state index contributed by atoms with van der Waals surface area (Å²) in [5.74, 6) is -0.502. The van der Waals surface area contributed by atoms with Gasteiger partial charge >= 0.3 is 5.97 Å². The number of allylic oxidation sites excluding steroid dienone is 2. The standard InChI is InChI=1S/C17H28O5S/c1-11(2)13-6-8-16(4,22-12(3)18)14-7-9-17(5,15(14)10-13)23(19,20)21/h10-11,14-15H,6-9H2,1-5H3,(H,19,20,21)/t14-,15+,16-,17+/m1/s1. The molecule has 6 heteroatoms. The molecule has 4 atom stereocenters. The van der Waals surface area contributed by atoms with Gasteiger partial charge in [-0.25, -0.2) is 0 Å². The molecule has 0 amide bonds. The van der Waals surface area contributed by atoms with Crippen molar-refractivity contribution in [2.75, 3.05) is 0 Å². The predicted molar refractivity (Wildman–Crippen MR) is 88.5 cm³/mol. The monoisotopic (exact) mass is 344 g/mol. The molecular weight excluding hydrogens is 316 g/mol. The highest BCUT2D eigenvalue weighted by atomic mass is 32.2. The second kappa shape index (κ2) is 5.88. The predicted octanol–water partition coefficient (Wildman–Crippen LogP) is 3.36. The van der Waals surface area contributed by atoms with Crippen LogP contribution in [0.25, 0.3) is 0 Å². The molecule has 2 rings (SSSR count). The van der Waals surface area contributed by atoms with Crippen molar-refractivity contribution in [2.24, 2.45) is 17.8 Å². The average Bonchev–Trinajstić information content (AvgIpc) is 2.64. The zero-order chi connectivity index (χ0) is 17.6. The molecule has 0 bridgehead atoms. The van der Waals surface area contributed by atoms with E-state index in [1.165, 1.54) is 12.5 Å². The molecule has 0 aromatic heterocycles. The highest BCUT2D eigenvalue weighted by molar-refractivity contribution is 7.87. The van der Waals surface area contributed by atoms with Crippen LogP contribution in [0.15, 0.2) is 11.6 Å². The van der Waals surface area contributed by atoms with Crippen LogP contribution in [0.4, 0.5) is 0 Å². The molecule has 1 N–H and O–H groups in total. The van der Waals surface area contributed by atoms with Gasteiger partial charge in [0.25, 0.3) is 10.1 Å². The molecular formula is C17H28O5S. The maximum Gasteiger partial charge on any atom is 0.303 e. The normalized spacial score (nSPS) is 38.0. The Kier molecular flexibility index (Phi) is 4.72. The molecule has 0 aromatic rings. The summed E-state index contributed by atoms with van der Waals surface area (Å²) < 4.78 is 38.4. The molecule has 5 nitrogen and oxygen atoms in total. The van der Waals surface area contributed by atoms with Crippen molar-refractivity contribution >= 4 is 16.1 Å². The van der Waals surface area contributed by atoms with Gasteiger partial charge in [-0.1, -0.05) is 25.5 Å². The zero-order valence-electron chi connectivity index (χ0n) is 14.6. The maximum absolute atomic E-state index is 12.1. The fourth-order valence-electron chi connectivity index (χ4n) is 4.32. The lowest BCUT2D eigenvalue weighted by Crippen LogP contribution is -2.46. The van der Waals surface area contributed by atoms with Crippen molar-refractivity contribution in [2.45, 2.75) is 70.7 Å². The smallest absolute Gasteiger partial charge is 0.303 e. The molecule has 2 aliphatic carbocycles. The Morgan fingerprint density at radius 2 is 1.96 bits per heavy atom. The highest BCUT2D eigenvalue weighted by Crippen LogP contribution is 2.54. The number of rotatable bonds is 3. The number of carbonyl (C=O) groups excluding carboxylic acids is 1. The van der Waals surface area contributed by atoms with E-state index in [1.54, 1.807) is 6.92 Å². The van der Waals surface area contributed by atoms with E-state index in [0.29, 0.717) is 25.2 Å². The van der Waals surface area contributed by atoms with Crippen molar-refractivity contribution in [3.05, 3.63) is 11.6 Å². The molecule has 0 unspecified atom stereocenters. The first-order valence-corrected chi connectivity index (χ1v) is 9.72. The van der Waals surface area contributed by atoms with E-state index in [0.717, 1.165) is 6.42 Å². The molecule has 0 heterocycles.